The molecule has 0 aliphatic rings. The molecule has 226 valence electrons. The Balaban J connectivity index is 0.000000190. The molecular formula is C26H26F4N10OS2. The molecular weight excluding hydrogens is 608 g/mol. The van der Waals surface area contributed by atoms with Gasteiger partial charge in [0.25, 0.3) is 12.9 Å². The number of alkyl halides is 4. The number of fused-ring (bicyclic) bond motifs is 1. The van der Waals surface area contributed by atoms with Crippen molar-refractivity contribution in [2.45, 2.75) is 29.8 Å². The second kappa shape index (κ2) is 16.9. The lowest BCUT2D eigenvalue weighted by Gasteiger charge is -2.04. The SMILES string of the molecule is CCO/C=C/c1nccc(SC)n1.CSc1ccnc(-c2cnc3cnc(C(F)F)cn23)n1.Nc1cnc(C(F)F)cn1. The normalized spacial score (nSPS) is 10.9. The molecule has 17 heteroatoms. The number of anilines is 1. The van der Waals surface area contributed by atoms with Gasteiger partial charge in [0.1, 0.15) is 22.9 Å². The number of hydrogen-bond donors (Lipinski definition) is 1. The van der Waals surface area contributed by atoms with Gasteiger partial charge in [0.15, 0.2) is 17.3 Å². The van der Waals surface area contributed by atoms with E-state index in [4.69, 9.17) is 10.5 Å². The van der Waals surface area contributed by atoms with Gasteiger partial charge in [0.05, 0.1) is 47.7 Å². The second-order valence-corrected chi connectivity index (χ2v) is 9.44. The molecule has 0 radical (unpaired) electrons. The number of hydrogen-bond acceptors (Lipinski definition) is 12. The van der Waals surface area contributed by atoms with Crippen LogP contribution in [0, 0.1) is 0 Å². The summed E-state index contributed by atoms with van der Waals surface area (Å²) in [5.41, 5.74) is 5.48. The first-order valence-corrected chi connectivity index (χ1v) is 14.7. The van der Waals surface area contributed by atoms with E-state index in [1.807, 2.05) is 25.5 Å². The van der Waals surface area contributed by atoms with Crippen LogP contribution >= 0.6 is 23.5 Å². The molecule has 0 aliphatic carbocycles. The molecule has 0 aliphatic heterocycles. The monoisotopic (exact) mass is 634 g/mol. The minimum Gasteiger partial charge on any atom is -0.501 e. The number of ether oxygens (including phenoxy) is 1. The largest absolute Gasteiger partial charge is 0.501 e. The van der Waals surface area contributed by atoms with Crippen LogP contribution in [0.25, 0.3) is 23.2 Å². The third-order valence-corrected chi connectivity index (χ3v) is 6.25. The molecule has 0 unspecified atom stereocenters. The summed E-state index contributed by atoms with van der Waals surface area (Å²) in [7, 11) is 0. The highest BCUT2D eigenvalue weighted by Gasteiger charge is 2.14. The molecule has 0 amide bonds. The molecule has 5 rings (SSSR count). The van der Waals surface area contributed by atoms with Crippen molar-refractivity contribution in [1.29, 1.82) is 0 Å². The summed E-state index contributed by atoms with van der Waals surface area (Å²) in [5.74, 6) is 1.26. The molecule has 43 heavy (non-hydrogen) atoms. The fourth-order valence-corrected chi connectivity index (χ4v) is 3.73. The van der Waals surface area contributed by atoms with Crippen molar-refractivity contribution < 1.29 is 22.3 Å². The quantitative estimate of drug-likeness (QED) is 0.0919. The topological polar surface area (TPSA) is 143 Å². The Hall–Kier alpha value is -4.38. The predicted molar refractivity (Wildman–Crippen MR) is 157 cm³/mol. The fraction of sp³-hybridized carbons (Fsp3) is 0.231. The molecule has 0 atom stereocenters. The molecule has 5 aromatic heterocycles. The maximum absolute atomic E-state index is 12.7. The van der Waals surface area contributed by atoms with E-state index in [1.165, 1.54) is 28.6 Å². The Bertz CT molecular complexity index is 1610. The maximum Gasteiger partial charge on any atom is 0.281 e. The summed E-state index contributed by atoms with van der Waals surface area (Å²) in [6.07, 6.45) is 11.6. The number of nitrogens with zero attached hydrogens (tertiary/aromatic N) is 9. The standard InChI is InChI=1S/C12H9F2N5S.C9H12N2OS.C5H5F2N3/c1-20-10-2-3-15-12(18-10)8-4-17-9-5-16-7(11(13)14)6-19(8)9;1-3-12-7-5-8-10-6-4-9(11-8)13-2;6-5(7)3-1-10-4(8)2-9-3/h2-6,11H,1H3;4-7H,3H2,1-2H3;1-2,5H,(H2,8,10)/b;7-5+;. The first kappa shape index (κ1) is 33.1. The van der Waals surface area contributed by atoms with E-state index in [0.717, 1.165) is 22.4 Å². The Morgan fingerprint density at radius 3 is 2.14 bits per heavy atom. The molecule has 0 fully saturated rings. The number of thioether (sulfide) groups is 2. The van der Waals surface area contributed by atoms with Crippen molar-refractivity contribution in [3.05, 3.63) is 79.0 Å². The molecule has 0 saturated heterocycles. The third kappa shape index (κ3) is 10.1. The van der Waals surface area contributed by atoms with Gasteiger partial charge in [-0.25, -0.2) is 57.4 Å². The summed E-state index contributed by atoms with van der Waals surface area (Å²) in [5, 5.41) is 1.76. The lowest BCUT2D eigenvalue weighted by atomic mass is 10.4. The Morgan fingerprint density at radius 1 is 0.837 bits per heavy atom. The Kier molecular flexibility index (Phi) is 13.0. The minimum absolute atomic E-state index is 0.143. The number of nitrogen functional groups attached to an aromatic ring is 1. The fourth-order valence-electron chi connectivity index (χ4n) is 2.98. The van der Waals surface area contributed by atoms with E-state index in [9.17, 15) is 17.6 Å². The van der Waals surface area contributed by atoms with Crippen LogP contribution in [0.3, 0.4) is 0 Å². The zero-order valence-corrected chi connectivity index (χ0v) is 24.7. The first-order chi connectivity index (χ1) is 20.7. The van der Waals surface area contributed by atoms with Crippen molar-refractivity contribution in [3.8, 4) is 11.5 Å². The van der Waals surface area contributed by atoms with Crippen LogP contribution in [0.2, 0.25) is 0 Å². The Labute approximate surface area is 252 Å². The van der Waals surface area contributed by atoms with E-state index in [2.05, 4.69) is 39.9 Å². The van der Waals surface area contributed by atoms with Crippen LogP contribution in [0.1, 0.15) is 37.0 Å². The van der Waals surface area contributed by atoms with Crippen molar-refractivity contribution in [2.75, 3.05) is 24.9 Å². The van der Waals surface area contributed by atoms with Gasteiger partial charge < -0.3 is 10.5 Å². The van der Waals surface area contributed by atoms with Gasteiger partial charge in [-0.15, -0.1) is 23.5 Å². The van der Waals surface area contributed by atoms with Crippen molar-refractivity contribution >= 4 is 41.1 Å². The van der Waals surface area contributed by atoms with E-state index >= 15 is 0 Å². The van der Waals surface area contributed by atoms with Crippen molar-refractivity contribution in [1.82, 2.24) is 44.3 Å². The summed E-state index contributed by atoms with van der Waals surface area (Å²) in [4.78, 5) is 31.4. The van der Waals surface area contributed by atoms with E-state index < -0.39 is 12.9 Å². The van der Waals surface area contributed by atoms with Crippen LogP contribution in [0.4, 0.5) is 23.4 Å². The predicted octanol–water partition coefficient (Wildman–Crippen LogP) is 6.05. The van der Waals surface area contributed by atoms with E-state index in [1.54, 1.807) is 48.8 Å². The summed E-state index contributed by atoms with van der Waals surface area (Å²) >= 11 is 3.08. The molecule has 5 aromatic rings. The maximum atomic E-state index is 12.7. The first-order valence-electron chi connectivity index (χ1n) is 12.2. The van der Waals surface area contributed by atoms with Crippen LogP contribution in [-0.2, 0) is 4.74 Å². The van der Waals surface area contributed by atoms with Gasteiger partial charge in [0, 0.05) is 24.7 Å². The van der Waals surface area contributed by atoms with Gasteiger partial charge in [-0.3, -0.25) is 4.40 Å². The molecule has 11 nitrogen and oxygen atoms in total. The highest BCUT2D eigenvalue weighted by molar-refractivity contribution is 7.98. The number of imidazole rings is 1. The molecule has 2 N–H and O–H groups in total. The summed E-state index contributed by atoms with van der Waals surface area (Å²) in [6, 6.07) is 3.66. The molecule has 0 saturated carbocycles. The highest BCUT2D eigenvalue weighted by atomic mass is 32.2. The summed E-state index contributed by atoms with van der Waals surface area (Å²) in [6.45, 7) is 2.60. The van der Waals surface area contributed by atoms with Crippen LogP contribution in [-0.4, -0.2) is 63.4 Å². The number of halogens is 4. The van der Waals surface area contributed by atoms with E-state index in [-0.39, 0.29) is 17.2 Å². The number of rotatable bonds is 8. The van der Waals surface area contributed by atoms with Crippen molar-refractivity contribution in [3.63, 3.8) is 0 Å². The zero-order valence-electron chi connectivity index (χ0n) is 23.1. The number of nitrogens with two attached hydrogens (primary N) is 1. The van der Waals surface area contributed by atoms with Crippen LogP contribution < -0.4 is 5.73 Å². The van der Waals surface area contributed by atoms with Gasteiger partial charge in [0.2, 0.25) is 0 Å². The lowest BCUT2D eigenvalue weighted by Crippen LogP contribution is -1.98. The number of aromatic nitrogens is 9. The van der Waals surface area contributed by atoms with Crippen LogP contribution in [0.15, 0.2) is 71.8 Å². The van der Waals surface area contributed by atoms with Gasteiger partial charge >= 0.3 is 0 Å². The molecule has 5 heterocycles. The minimum atomic E-state index is -2.63. The third-order valence-electron chi connectivity index (χ3n) is 4.96. The smallest absolute Gasteiger partial charge is 0.281 e. The molecule has 0 spiro atoms. The summed E-state index contributed by atoms with van der Waals surface area (Å²) < 4.78 is 55.5. The highest BCUT2D eigenvalue weighted by Crippen LogP contribution is 2.22. The second-order valence-electron chi connectivity index (χ2n) is 7.79. The molecule has 0 bridgehead atoms. The lowest BCUT2D eigenvalue weighted by molar-refractivity contribution is 0.145. The molecule has 0 aromatic carbocycles. The van der Waals surface area contributed by atoms with Crippen LogP contribution in [0.5, 0.6) is 0 Å². The zero-order chi connectivity index (χ0) is 31.2. The van der Waals surface area contributed by atoms with Crippen molar-refractivity contribution in [2.24, 2.45) is 0 Å². The van der Waals surface area contributed by atoms with Gasteiger partial charge in [-0.1, -0.05) is 0 Å². The average molecular weight is 635 g/mol. The van der Waals surface area contributed by atoms with E-state index in [0.29, 0.717) is 29.6 Å². The average Bonchev–Trinajstić information content (AvgIpc) is 3.46. The van der Waals surface area contributed by atoms with Gasteiger partial charge in [-0.05, 0) is 31.6 Å². The van der Waals surface area contributed by atoms with Gasteiger partial charge in [-0.2, -0.15) is 0 Å². The Morgan fingerprint density at radius 2 is 1.51 bits per heavy atom.